The highest BCUT2D eigenvalue weighted by molar-refractivity contribution is 9.10. The Balaban J connectivity index is 2.57. The van der Waals surface area contributed by atoms with Gasteiger partial charge in [0.1, 0.15) is 12.4 Å². The van der Waals surface area contributed by atoms with Gasteiger partial charge >= 0.3 is 0 Å². The lowest BCUT2D eigenvalue weighted by molar-refractivity contribution is 0.155. The molecule has 5 nitrogen and oxygen atoms in total. The van der Waals surface area contributed by atoms with Crippen molar-refractivity contribution in [3.8, 4) is 0 Å². The number of hydrogen-bond acceptors (Lipinski definition) is 4. The number of pyridine rings is 1. The third kappa shape index (κ3) is 8.07. The summed E-state index contributed by atoms with van der Waals surface area (Å²) in [4.78, 5) is 12.8. The van der Waals surface area contributed by atoms with Crippen molar-refractivity contribution in [2.24, 2.45) is 15.7 Å². The molecule has 8 heteroatoms. The fourth-order valence-electron chi connectivity index (χ4n) is 1.38. The van der Waals surface area contributed by atoms with E-state index in [0.29, 0.717) is 23.4 Å². The van der Waals surface area contributed by atoms with Gasteiger partial charge < -0.3 is 10.5 Å². The van der Waals surface area contributed by atoms with Crippen molar-refractivity contribution in [3.63, 3.8) is 0 Å². The van der Waals surface area contributed by atoms with Crippen molar-refractivity contribution in [2.45, 2.75) is 25.7 Å². The molecule has 0 aliphatic heterocycles. The molecule has 0 bridgehead atoms. The molecule has 1 aromatic heterocycles. The van der Waals surface area contributed by atoms with Crippen molar-refractivity contribution in [1.29, 1.82) is 0 Å². The third-order valence-corrected chi connectivity index (χ3v) is 5.43. The van der Waals surface area contributed by atoms with E-state index < -0.39 is 8.07 Å². The van der Waals surface area contributed by atoms with Gasteiger partial charge in [-0.2, -0.15) is 0 Å². The fraction of sp³-hybridized carbons (Fsp3) is 0.500. The Morgan fingerprint density at radius 2 is 2.14 bits per heavy atom. The molecule has 22 heavy (non-hydrogen) atoms. The molecule has 122 valence electrons. The van der Waals surface area contributed by atoms with E-state index in [4.69, 9.17) is 10.5 Å². The van der Waals surface area contributed by atoms with Crippen LogP contribution in [-0.4, -0.2) is 43.7 Å². The molecule has 0 aliphatic rings. The molecule has 1 rings (SSSR count). The number of nitrogens with zero attached hydrogens (tertiary/aromatic N) is 3. The van der Waals surface area contributed by atoms with Gasteiger partial charge in [0.05, 0.1) is 0 Å². The summed E-state index contributed by atoms with van der Waals surface area (Å²) in [5.41, 5.74) is 6.58. The first kappa shape index (κ1) is 19.3. The smallest absolute Gasteiger partial charge is 0.187 e. The van der Waals surface area contributed by atoms with Gasteiger partial charge in [-0.15, -0.1) is 0 Å². The number of aliphatic imine (C=N–C) groups is 2. The predicted molar refractivity (Wildman–Crippen MR) is 103 cm³/mol. The lowest BCUT2D eigenvalue weighted by Crippen LogP contribution is -2.21. The number of hydrogen-bond donors (Lipinski definition) is 1. The SMILES string of the molecule is CSC(=NCOCC[Si](C)(C)C)N=C(N)c1ccc(Br)cn1. The Hall–Kier alpha value is -0.703. The molecule has 2 N–H and O–H groups in total. The second kappa shape index (κ2) is 9.44. The summed E-state index contributed by atoms with van der Waals surface area (Å²) in [5.74, 6) is 0.350. The second-order valence-electron chi connectivity index (χ2n) is 5.85. The minimum atomic E-state index is -1.06. The van der Waals surface area contributed by atoms with Gasteiger partial charge in [0, 0.05) is 25.4 Å². The minimum Gasteiger partial charge on any atom is -0.382 e. The summed E-state index contributed by atoms with van der Waals surface area (Å²) in [5, 5.41) is 0.593. The standard InChI is InChI=1S/C14H23BrN4OSSi/c1-21-14(18-10-20-7-8-22(2,3)4)19-13(16)12-6-5-11(15)9-17-12/h5-6,9H,7-8,10H2,1-4H3,(H2,16,18,19). The molecule has 0 aromatic carbocycles. The van der Waals surface area contributed by atoms with Gasteiger partial charge in [-0.05, 0) is 40.4 Å². The van der Waals surface area contributed by atoms with E-state index in [1.165, 1.54) is 11.8 Å². The highest BCUT2D eigenvalue weighted by atomic mass is 79.9. The van der Waals surface area contributed by atoms with E-state index in [2.05, 4.69) is 50.5 Å². The van der Waals surface area contributed by atoms with Crippen LogP contribution in [0.2, 0.25) is 25.7 Å². The van der Waals surface area contributed by atoms with Gasteiger partial charge in [0.2, 0.25) is 0 Å². The Morgan fingerprint density at radius 1 is 1.41 bits per heavy atom. The van der Waals surface area contributed by atoms with E-state index in [1.807, 2.05) is 18.4 Å². The maximum Gasteiger partial charge on any atom is 0.187 e. The first-order valence-electron chi connectivity index (χ1n) is 6.94. The zero-order valence-corrected chi connectivity index (χ0v) is 16.9. The maximum absolute atomic E-state index is 5.95. The predicted octanol–water partition coefficient (Wildman–Crippen LogP) is 3.58. The number of aromatic nitrogens is 1. The minimum absolute atomic E-state index is 0.311. The zero-order valence-electron chi connectivity index (χ0n) is 13.5. The third-order valence-electron chi connectivity index (χ3n) is 2.68. The van der Waals surface area contributed by atoms with E-state index >= 15 is 0 Å². The largest absolute Gasteiger partial charge is 0.382 e. The molecule has 0 aliphatic carbocycles. The lowest BCUT2D eigenvalue weighted by atomic mass is 10.3. The summed E-state index contributed by atoms with van der Waals surface area (Å²) in [6.45, 7) is 8.02. The highest BCUT2D eigenvalue weighted by Gasteiger charge is 2.11. The van der Waals surface area contributed by atoms with Crippen LogP contribution in [0.3, 0.4) is 0 Å². The quantitative estimate of drug-likeness (QED) is 0.341. The summed E-state index contributed by atoms with van der Waals surface area (Å²) in [6, 6.07) is 4.82. The maximum atomic E-state index is 5.95. The molecule has 0 saturated heterocycles. The summed E-state index contributed by atoms with van der Waals surface area (Å²) < 4.78 is 6.45. The van der Waals surface area contributed by atoms with Crippen LogP contribution in [0.1, 0.15) is 5.69 Å². The highest BCUT2D eigenvalue weighted by Crippen LogP contribution is 2.09. The van der Waals surface area contributed by atoms with Crippen LogP contribution in [0.25, 0.3) is 0 Å². The van der Waals surface area contributed by atoms with Gasteiger partial charge in [-0.25, -0.2) is 9.98 Å². The van der Waals surface area contributed by atoms with Crippen LogP contribution in [0.4, 0.5) is 0 Å². The summed E-state index contributed by atoms with van der Waals surface area (Å²) in [6.07, 6.45) is 3.60. The van der Waals surface area contributed by atoms with Crippen LogP contribution >= 0.6 is 27.7 Å². The number of amidine groups is 2. The molecular formula is C14H23BrN4OSSi. The van der Waals surface area contributed by atoms with Crippen LogP contribution in [0.5, 0.6) is 0 Å². The lowest BCUT2D eigenvalue weighted by Gasteiger charge is -2.14. The number of rotatable bonds is 6. The number of ether oxygens (including phenoxy) is 1. The van der Waals surface area contributed by atoms with Gasteiger partial charge in [-0.3, -0.25) is 4.98 Å². The summed E-state index contributed by atoms with van der Waals surface area (Å²) >= 11 is 4.77. The molecule has 0 fully saturated rings. The molecule has 0 radical (unpaired) electrons. The Bertz CT molecular complexity index is 529. The number of nitrogens with two attached hydrogens (primary N) is 1. The van der Waals surface area contributed by atoms with Gasteiger partial charge in [-0.1, -0.05) is 31.4 Å². The Labute approximate surface area is 146 Å². The van der Waals surface area contributed by atoms with Crippen molar-refractivity contribution in [1.82, 2.24) is 4.98 Å². The first-order valence-corrected chi connectivity index (χ1v) is 12.7. The number of halogens is 1. The second-order valence-corrected chi connectivity index (χ2v) is 13.2. The molecule has 1 aromatic rings. The fourth-order valence-corrected chi connectivity index (χ4v) is 2.74. The van der Waals surface area contributed by atoms with Crippen LogP contribution in [0, 0.1) is 0 Å². The van der Waals surface area contributed by atoms with Crippen LogP contribution in [-0.2, 0) is 4.74 Å². The van der Waals surface area contributed by atoms with E-state index in [9.17, 15) is 0 Å². The van der Waals surface area contributed by atoms with Crippen molar-refractivity contribution >= 4 is 46.8 Å². The average Bonchev–Trinajstić information content (AvgIpc) is 2.45. The molecule has 0 saturated carbocycles. The normalized spacial score (nSPS) is 13.5. The van der Waals surface area contributed by atoms with E-state index in [-0.39, 0.29) is 0 Å². The monoisotopic (exact) mass is 402 g/mol. The van der Waals surface area contributed by atoms with Crippen molar-refractivity contribution in [3.05, 3.63) is 28.5 Å². The molecule has 0 atom stereocenters. The van der Waals surface area contributed by atoms with E-state index in [0.717, 1.165) is 17.1 Å². The molecule has 0 unspecified atom stereocenters. The number of thioether (sulfide) groups is 1. The molecule has 0 amide bonds. The first-order chi connectivity index (χ1) is 10.3. The van der Waals surface area contributed by atoms with Gasteiger partial charge in [0.15, 0.2) is 11.0 Å². The van der Waals surface area contributed by atoms with E-state index in [1.54, 1.807) is 6.20 Å². The van der Waals surface area contributed by atoms with Crippen LogP contribution in [0.15, 0.2) is 32.8 Å². The van der Waals surface area contributed by atoms with Gasteiger partial charge in [0.25, 0.3) is 0 Å². The van der Waals surface area contributed by atoms with Crippen LogP contribution < -0.4 is 5.73 Å². The van der Waals surface area contributed by atoms with Crippen molar-refractivity contribution < 1.29 is 4.74 Å². The molecule has 1 heterocycles. The Morgan fingerprint density at radius 3 is 2.68 bits per heavy atom. The molecule has 0 spiro atoms. The molecular weight excluding hydrogens is 380 g/mol. The average molecular weight is 403 g/mol. The Kier molecular flexibility index (Phi) is 8.30. The summed E-state index contributed by atoms with van der Waals surface area (Å²) in [7, 11) is -1.06. The topological polar surface area (TPSA) is 72.9 Å². The zero-order chi connectivity index (χ0) is 16.6. The van der Waals surface area contributed by atoms with Crippen molar-refractivity contribution in [2.75, 3.05) is 19.6 Å².